The second-order valence-electron chi connectivity index (χ2n) is 7.11. The van der Waals surface area contributed by atoms with Gasteiger partial charge >= 0.3 is 6.03 Å². The van der Waals surface area contributed by atoms with E-state index in [0.717, 1.165) is 37.6 Å². The van der Waals surface area contributed by atoms with Gasteiger partial charge in [0.25, 0.3) is 0 Å². The molecule has 1 atom stereocenters. The first-order valence-corrected chi connectivity index (χ1v) is 9.07. The number of para-hydroxylation sites is 2. The molecule has 1 N–H and O–H groups in total. The Balaban J connectivity index is 1.64. The van der Waals surface area contributed by atoms with Gasteiger partial charge in [-0.15, -0.1) is 0 Å². The molecule has 0 aromatic heterocycles. The maximum absolute atomic E-state index is 12.6. The van der Waals surface area contributed by atoms with E-state index in [2.05, 4.69) is 23.3 Å². The van der Waals surface area contributed by atoms with E-state index in [1.54, 1.807) is 4.90 Å². The highest BCUT2D eigenvalue weighted by molar-refractivity contribution is 5.93. The predicted molar refractivity (Wildman–Crippen MR) is 97.7 cm³/mol. The van der Waals surface area contributed by atoms with Crippen molar-refractivity contribution in [3.63, 3.8) is 0 Å². The molecule has 3 rings (SSSR count). The fraction of sp³-hybridized carbons (Fsp3) is 0.632. The molecule has 1 aromatic carbocycles. The highest BCUT2D eigenvalue weighted by Gasteiger charge is 2.23. The van der Waals surface area contributed by atoms with Crippen molar-refractivity contribution < 1.29 is 9.53 Å². The van der Waals surface area contributed by atoms with Crippen LogP contribution in [0.3, 0.4) is 0 Å². The summed E-state index contributed by atoms with van der Waals surface area (Å²) in [6.45, 7) is 2.32. The Morgan fingerprint density at radius 1 is 1.21 bits per heavy atom. The molecule has 0 bridgehead atoms. The van der Waals surface area contributed by atoms with E-state index in [4.69, 9.17) is 4.74 Å². The van der Waals surface area contributed by atoms with Crippen molar-refractivity contribution in [2.45, 2.75) is 38.1 Å². The van der Waals surface area contributed by atoms with E-state index in [-0.39, 0.29) is 6.03 Å². The van der Waals surface area contributed by atoms with Gasteiger partial charge in [0, 0.05) is 39.2 Å². The van der Waals surface area contributed by atoms with Crippen LogP contribution < -0.4 is 10.2 Å². The number of nitrogens with one attached hydrogen (secondary N) is 1. The van der Waals surface area contributed by atoms with Crippen molar-refractivity contribution in [2.24, 2.45) is 5.92 Å². The predicted octanol–water partition coefficient (Wildman–Crippen LogP) is 3.57. The molecular weight excluding hydrogens is 302 g/mol. The van der Waals surface area contributed by atoms with Crippen molar-refractivity contribution in [3.05, 3.63) is 24.3 Å². The maximum atomic E-state index is 12.6. The number of nitrogens with zero attached hydrogens (tertiary/aromatic N) is 2. The third-order valence-electron chi connectivity index (χ3n) is 5.30. The zero-order valence-corrected chi connectivity index (χ0v) is 14.8. The van der Waals surface area contributed by atoms with Gasteiger partial charge in [-0.25, -0.2) is 4.79 Å². The lowest BCUT2D eigenvalue weighted by Crippen LogP contribution is -2.36. The van der Waals surface area contributed by atoms with Crippen LogP contribution in [0.25, 0.3) is 0 Å². The van der Waals surface area contributed by atoms with Gasteiger partial charge in [0.05, 0.1) is 18.0 Å². The first-order chi connectivity index (χ1) is 11.6. The number of anilines is 2. The Labute approximate surface area is 145 Å². The second kappa shape index (κ2) is 7.88. The van der Waals surface area contributed by atoms with Gasteiger partial charge < -0.3 is 19.9 Å². The summed E-state index contributed by atoms with van der Waals surface area (Å²) in [6, 6.07) is 8.64. The molecule has 5 heteroatoms. The Morgan fingerprint density at radius 2 is 1.96 bits per heavy atom. The molecule has 1 saturated carbocycles. The van der Waals surface area contributed by atoms with Gasteiger partial charge in [0.15, 0.2) is 0 Å². The number of urea groups is 1. The van der Waals surface area contributed by atoms with Crippen molar-refractivity contribution in [1.29, 1.82) is 0 Å². The smallest absolute Gasteiger partial charge is 0.321 e. The SMILES string of the molecule is CN(C[C@H]1CCOC1)C(=O)Nc1ccccc1N(C)C1CCCC1. The van der Waals surface area contributed by atoms with E-state index < -0.39 is 0 Å². The minimum Gasteiger partial charge on any atom is -0.381 e. The van der Waals surface area contributed by atoms with Crippen molar-refractivity contribution in [3.8, 4) is 0 Å². The number of benzene rings is 1. The zero-order valence-electron chi connectivity index (χ0n) is 14.8. The first kappa shape index (κ1) is 17.1. The summed E-state index contributed by atoms with van der Waals surface area (Å²) in [6.07, 6.45) is 6.12. The molecule has 1 heterocycles. The van der Waals surface area contributed by atoms with Gasteiger partial charge in [0.2, 0.25) is 0 Å². The molecule has 1 aliphatic carbocycles. The molecule has 2 amide bonds. The van der Waals surface area contributed by atoms with Crippen LogP contribution in [0.1, 0.15) is 32.1 Å². The number of carbonyl (C=O) groups is 1. The number of hydrogen-bond acceptors (Lipinski definition) is 3. The standard InChI is InChI=1S/C19H29N3O2/c1-21(13-15-11-12-24-14-15)19(23)20-17-9-5-6-10-18(17)22(2)16-7-3-4-8-16/h5-6,9-10,15-16H,3-4,7-8,11-14H2,1-2H3,(H,20,23)/t15-/m1/s1. The fourth-order valence-corrected chi connectivity index (χ4v) is 3.78. The van der Waals surface area contributed by atoms with Gasteiger partial charge in [-0.2, -0.15) is 0 Å². The highest BCUT2D eigenvalue weighted by Crippen LogP contribution is 2.32. The van der Waals surface area contributed by atoms with Crippen molar-refractivity contribution >= 4 is 17.4 Å². The summed E-state index contributed by atoms with van der Waals surface area (Å²) in [5, 5.41) is 3.09. The first-order valence-electron chi connectivity index (χ1n) is 9.07. The normalized spacial score (nSPS) is 21.0. The van der Waals surface area contributed by atoms with Crippen LogP contribution in [0.2, 0.25) is 0 Å². The van der Waals surface area contributed by atoms with Crippen LogP contribution in [-0.2, 0) is 4.74 Å². The third-order valence-corrected chi connectivity index (χ3v) is 5.30. The topological polar surface area (TPSA) is 44.8 Å². The summed E-state index contributed by atoms with van der Waals surface area (Å²) in [5.41, 5.74) is 2.00. The Hall–Kier alpha value is -1.75. The molecule has 2 aliphatic rings. The molecule has 0 spiro atoms. The molecule has 5 nitrogen and oxygen atoms in total. The summed E-state index contributed by atoms with van der Waals surface area (Å²) < 4.78 is 5.40. The Bertz CT molecular complexity index is 551. The molecule has 1 aromatic rings. The van der Waals surface area contributed by atoms with Crippen LogP contribution in [0.5, 0.6) is 0 Å². The van der Waals surface area contributed by atoms with Crippen molar-refractivity contribution in [2.75, 3.05) is 44.1 Å². The number of amides is 2. The van der Waals surface area contributed by atoms with Crippen molar-refractivity contribution in [1.82, 2.24) is 4.90 Å². The van der Waals surface area contributed by atoms with E-state index in [1.165, 1.54) is 25.7 Å². The largest absolute Gasteiger partial charge is 0.381 e. The van der Waals surface area contributed by atoms with E-state index in [0.29, 0.717) is 12.0 Å². The summed E-state index contributed by atoms with van der Waals surface area (Å²) in [5.74, 6) is 0.456. The monoisotopic (exact) mass is 331 g/mol. The van der Waals surface area contributed by atoms with Crippen LogP contribution in [0, 0.1) is 5.92 Å². The van der Waals surface area contributed by atoms with E-state index in [1.807, 2.05) is 25.2 Å². The fourth-order valence-electron chi connectivity index (χ4n) is 3.78. The highest BCUT2D eigenvalue weighted by atomic mass is 16.5. The molecule has 0 radical (unpaired) electrons. The minimum atomic E-state index is -0.0471. The van der Waals surface area contributed by atoms with Gasteiger partial charge in [0.1, 0.15) is 0 Å². The van der Waals surface area contributed by atoms with E-state index in [9.17, 15) is 4.79 Å². The van der Waals surface area contributed by atoms with Gasteiger partial charge in [-0.3, -0.25) is 0 Å². The third kappa shape index (κ3) is 4.01. The summed E-state index contributed by atoms with van der Waals surface area (Å²) in [4.78, 5) is 16.6. The summed E-state index contributed by atoms with van der Waals surface area (Å²) in [7, 11) is 4.00. The molecule has 132 valence electrons. The lowest BCUT2D eigenvalue weighted by molar-refractivity contribution is 0.175. The maximum Gasteiger partial charge on any atom is 0.321 e. The summed E-state index contributed by atoms with van der Waals surface area (Å²) >= 11 is 0. The van der Waals surface area contributed by atoms with Crippen LogP contribution in [0.4, 0.5) is 16.2 Å². The molecular formula is C19H29N3O2. The van der Waals surface area contributed by atoms with E-state index >= 15 is 0 Å². The molecule has 1 saturated heterocycles. The van der Waals surface area contributed by atoms with Gasteiger partial charge in [-0.1, -0.05) is 25.0 Å². The van der Waals surface area contributed by atoms with Crippen LogP contribution in [0.15, 0.2) is 24.3 Å². The lowest BCUT2D eigenvalue weighted by atomic mass is 10.1. The Morgan fingerprint density at radius 3 is 2.67 bits per heavy atom. The molecule has 2 fully saturated rings. The van der Waals surface area contributed by atoms with Crippen LogP contribution in [-0.4, -0.2) is 50.8 Å². The number of hydrogen-bond donors (Lipinski definition) is 1. The number of rotatable bonds is 5. The minimum absolute atomic E-state index is 0.0471. The number of carbonyl (C=O) groups excluding carboxylic acids is 1. The number of ether oxygens (including phenoxy) is 1. The average molecular weight is 331 g/mol. The molecule has 24 heavy (non-hydrogen) atoms. The second-order valence-corrected chi connectivity index (χ2v) is 7.11. The zero-order chi connectivity index (χ0) is 16.9. The van der Waals surface area contributed by atoms with Gasteiger partial charge in [-0.05, 0) is 31.4 Å². The average Bonchev–Trinajstić information content (AvgIpc) is 3.28. The van der Waals surface area contributed by atoms with Crippen LogP contribution >= 0.6 is 0 Å². The quantitative estimate of drug-likeness (QED) is 0.897. The Kier molecular flexibility index (Phi) is 5.61. The molecule has 1 aliphatic heterocycles. The molecule has 0 unspecified atom stereocenters. The lowest BCUT2D eigenvalue weighted by Gasteiger charge is -2.29.